The van der Waals surface area contributed by atoms with Gasteiger partial charge in [0.1, 0.15) is 0 Å². The molecule has 0 unspecified atom stereocenters. The fourth-order valence-corrected chi connectivity index (χ4v) is 6.02. The van der Waals surface area contributed by atoms with Crippen molar-refractivity contribution in [3.63, 3.8) is 0 Å². The van der Waals surface area contributed by atoms with Crippen molar-refractivity contribution in [2.75, 3.05) is 6.61 Å². The Morgan fingerprint density at radius 2 is 1.81 bits per heavy atom. The number of aliphatic hydroxyl groups excluding tert-OH is 2. The summed E-state index contributed by atoms with van der Waals surface area (Å²) in [6.45, 7) is 8.44. The molecule has 0 saturated heterocycles. The van der Waals surface area contributed by atoms with Gasteiger partial charge in [0.2, 0.25) is 0 Å². The maximum absolute atomic E-state index is 11.6. The van der Waals surface area contributed by atoms with Gasteiger partial charge in [-0.1, -0.05) is 58.0 Å². The van der Waals surface area contributed by atoms with E-state index in [1.54, 1.807) is 0 Å². The van der Waals surface area contributed by atoms with Crippen molar-refractivity contribution in [3.05, 3.63) is 35.9 Å². The molecule has 146 valence electrons. The Hall–Kier alpha value is -0.940. The molecule has 2 fully saturated rings. The Kier molecular flexibility index (Phi) is 5.26. The quantitative estimate of drug-likeness (QED) is 0.770. The third-order valence-corrected chi connectivity index (χ3v) is 7.47. The lowest BCUT2D eigenvalue weighted by atomic mass is 9.43. The van der Waals surface area contributed by atoms with Crippen molar-refractivity contribution in [1.29, 1.82) is 0 Å². The second kappa shape index (κ2) is 6.90. The van der Waals surface area contributed by atoms with Gasteiger partial charge in [-0.25, -0.2) is 0 Å². The average molecular weight is 363 g/mol. The largest absolute Gasteiger partial charge is 0.393 e. The Balaban J connectivity index is 1.97. The van der Waals surface area contributed by atoms with Crippen LogP contribution in [-0.4, -0.2) is 39.7 Å². The van der Waals surface area contributed by atoms with Crippen molar-refractivity contribution in [2.24, 2.45) is 22.7 Å². The number of fused-ring (bicyclic) bond motifs is 1. The zero-order valence-corrected chi connectivity index (χ0v) is 16.5. The van der Waals surface area contributed by atoms with E-state index in [0.29, 0.717) is 13.0 Å². The van der Waals surface area contributed by atoms with Gasteiger partial charge in [-0.3, -0.25) is 0 Å². The normalized spacial score (nSPS) is 42.3. The van der Waals surface area contributed by atoms with Crippen LogP contribution in [0.2, 0.25) is 0 Å². The summed E-state index contributed by atoms with van der Waals surface area (Å²) in [5.74, 6) is -0.321. The highest BCUT2D eigenvalue weighted by Crippen LogP contribution is 2.63. The van der Waals surface area contributed by atoms with Gasteiger partial charge < -0.3 is 20.1 Å². The fourth-order valence-electron chi connectivity index (χ4n) is 6.02. The Morgan fingerprint density at radius 3 is 2.42 bits per heavy atom. The van der Waals surface area contributed by atoms with Gasteiger partial charge in [0.15, 0.2) is 0 Å². The number of aliphatic hydroxyl groups is 3. The molecule has 0 heterocycles. The molecule has 0 aliphatic heterocycles. The van der Waals surface area contributed by atoms with Crippen LogP contribution in [0, 0.1) is 22.7 Å². The Labute approximate surface area is 157 Å². The van der Waals surface area contributed by atoms with E-state index in [1.165, 1.54) is 0 Å². The van der Waals surface area contributed by atoms with Crippen molar-refractivity contribution in [2.45, 2.75) is 71.4 Å². The first-order valence-electron chi connectivity index (χ1n) is 9.83. The lowest BCUT2D eigenvalue weighted by Crippen LogP contribution is -2.72. The van der Waals surface area contributed by atoms with E-state index >= 15 is 0 Å². The van der Waals surface area contributed by atoms with Gasteiger partial charge in [0.25, 0.3) is 0 Å². The summed E-state index contributed by atoms with van der Waals surface area (Å²) < 4.78 is 6.35. The molecule has 3 N–H and O–H groups in total. The third kappa shape index (κ3) is 2.91. The number of hydrogen-bond donors (Lipinski definition) is 3. The first-order chi connectivity index (χ1) is 12.2. The third-order valence-electron chi connectivity index (χ3n) is 7.47. The molecule has 2 aliphatic carbocycles. The number of benzene rings is 1. The molecule has 26 heavy (non-hydrogen) atoms. The smallest absolute Gasteiger partial charge is 0.0985 e. The molecule has 0 bridgehead atoms. The van der Waals surface area contributed by atoms with Crippen molar-refractivity contribution < 1.29 is 20.1 Å². The highest BCUT2D eigenvalue weighted by Gasteiger charge is 2.68. The summed E-state index contributed by atoms with van der Waals surface area (Å²) in [5, 5.41) is 32.7. The molecule has 0 amide bonds. The zero-order chi connectivity index (χ0) is 19.2. The van der Waals surface area contributed by atoms with Gasteiger partial charge in [0.05, 0.1) is 31.0 Å². The number of ether oxygens (including phenoxy) is 1. The molecule has 3 rings (SSSR count). The monoisotopic (exact) mass is 362 g/mol. The maximum atomic E-state index is 11.6. The van der Waals surface area contributed by atoms with E-state index in [-0.39, 0.29) is 30.0 Å². The maximum Gasteiger partial charge on any atom is 0.0985 e. The first kappa shape index (κ1) is 19.8. The van der Waals surface area contributed by atoms with Crippen LogP contribution < -0.4 is 0 Å². The van der Waals surface area contributed by atoms with Crippen LogP contribution in [0.3, 0.4) is 0 Å². The van der Waals surface area contributed by atoms with Gasteiger partial charge in [-0.05, 0) is 36.2 Å². The highest BCUT2D eigenvalue weighted by atomic mass is 16.5. The van der Waals surface area contributed by atoms with Gasteiger partial charge >= 0.3 is 0 Å². The lowest BCUT2D eigenvalue weighted by molar-refractivity contribution is -0.294. The van der Waals surface area contributed by atoms with Crippen molar-refractivity contribution in [1.82, 2.24) is 0 Å². The molecule has 1 aromatic rings. The SMILES string of the molecule is C[C@@H]1C[C@@H](O)[C@@H]2C(C)(C)CC[C@H](OCc3ccccc3)[C@]2(C)[C@@]1(O)CO. The summed E-state index contributed by atoms with van der Waals surface area (Å²) in [4.78, 5) is 0. The predicted molar refractivity (Wildman–Crippen MR) is 101 cm³/mol. The molecular weight excluding hydrogens is 328 g/mol. The van der Waals surface area contributed by atoms with Crippen LogP contribution in [0.1, 0.15) is 52.5 Å². The molecular formula is C22H34O4. The summed E-state index contributed by atoms with van der Waals surface area (Å²) >= 11 is 0. The van der Waals surface area contributed by atoms with Crippen LogP contribution in [-0.2, 0) is 11.3 Å². The lowest BCUT2D eigenvalue weighted by Gasteiger charge is -2.66. The second-order valence-corrected chi connectivity index (χ2v) is 9.36. The van der Waals surface area contributed by atoms with E-state index in [1.807, 2.05) is 44.2 Å². The first-order valence-corrected chi connectivity index (χ1v) is 9.83. The van der Waals surface area contributed by atoms with Crippen LogP contribution in [0.15, 0.2) is 30.3 Å². The standard InChI is InChI=1S/C22H34O4/c1-15-12-17(24)19-20(2,3)11-10-18(21(19,4)22(15,25)14-23)26-13-16-8-6-5-7-9-16/h5-9,15,17-19,23-25H,10-14H2,1-4H3/t15-,17-,18+,19-,21+,22-/m1/s1. The van der Waals surface area contributed by atoms with E-state index in [2.05, 4.69) is 13.8 Å². The number of hydrogen-bond acceptors (Lipinski definition) is 4. The summed E-state index contributed by atoms with van der Waals surface area (Å²) in [7, 11) is 0. The molecule has 1 aromatic carbocycles. The molecule has 0 radical (unpaired) electrons. The number of rotatable bonds is 4. The molecule has 4 heteroatoms. The molecule has 6 atom stereocenters. The van der Waals surface area contributed by atoms with Crippen LogP contribution in [0.25, 0.3) is 0 Å². The van der Waals surface area contributed by atoms with E-state index in [9.17, 15) is 15.3 Å². The molecule has 4 nitrogen and oxygen atoms in total. The van der Waals surface area contributed by atoms with Gasteiger partial charge in [0, 0.05) is 11.3 Å². The minimum Gasteiger partial charge on any atom is -0.393 e. The molecule has 0 spiro atoms. The summed E-state index contributed by atoms with van der Waals surface area (Å²) in [5.41, 5.74) is -1.01. The summed E-state index contributed by atoms with van der Waals surface area (Å²) in [6, 6.07) is 10.0. The summed E-state index contributed by atoms with van der Waals surface area (Å²) in [6.07, 6.45) is 1.54. The Bertz CT molecular complexity index is 616. The minimum atomic E-state index is -1.27. The fraction of sp³-hybridized carbons (Fsp3) is 0.727. The van der Waals surface area contributed by atoms with Crippen molar-refractivity contribution >= 4 is 0 Å². The second-order valence-electron chi connectivity index (χ2n) is 9.36. The Morgan fingerprint density at radius 1 is 1.15 bits per heavy atom. The van der Waals surface area contributed by atoms with Crippen LogP contribution >= 0.6 is 0 Å². The van der Waals surface area contributed by atoms with E-state index < -0.39 is 17.1 Å². The molecule has 2 aliphatic rings. The van der Waals surface area contributed by atoms with Crippen LogP contribution in [0.4, 0.5) is 0 Å². The topological polar surface area (TPSA) is 69.9 Å². The van der Waals surface area contributed by atoms with Gasteiger partial charge in [-0.15, -0.1) is 0 Å². The van der Waals surface area contributed by atoms with Crippen molar-refractivity contribution in [3.8, 4) is 0 Å². The minimum absolute atomic E-state index is 0.121. The highest BCUT2D eigenvalue weighted by molar-refractivity contribution is 5.18. The molecule has 2 saturated carbocycles. The predicted octanol–water partition coefficient (Wildman–Crippen LogP) is 3.14. The van der Waals surface area contributed by atoms with Gasteiger partial charge in [-0.2, -0.15) is 0 Å². The average Bonchev–Trinajstić information content (AvgIpc) is 2.59. The van der Waals surface area contributed by atoms with Crippen LogP contribution in [0.5, 0.6) is 0 Å². The molecule has 0 aromatic heterocycles. The van der Waals surface area contributed by atoms with E-state index in [0.717, 1.165) is 18.4 Å². The van der Waals surface area contributed by atoms with E-state index in [4.69, 9.17) is 4.74 Å². The zero-order valence-electron chi connectivity index (χ0n) is 16.5.